The summed E-state index contributed by atoms with van der Waals surface area (Å²) in [7, 11) is -0.284. The van der Waals surface area contributed by atoms with Crippen LogP contribution in [-0.2, 0) is 21.8 Å². The Morgan fingerprint density at radius 3 is 0.400 bits per heavy atom. The molecule has 0 atom stereocenters. The van der Waals surface area contributed by atoms with Gasteiger partial charge in [-0.3, -0.25) is 0 Å². The lowest BCUT2D eigenvalue weighted by Gasteiger charge is -2.44. The maximum Gasteiger partial charge on any atom is 0.221 e. The van der Waals surface area contributed by atoms with Gasteiger partial charge >= 0.3 is 0 Å². The van der Waals surface area contributed by atoms with Crippen molar-refractivity contribution in [2.45, 2.75) is 56.0 Å². The van der Waals surface area contributed by atoms with E-state index in [1.165, 1.54) is 56.0 Å². The molecule has 708 valence electrons. The van der Waals surface area contributed by atoms with Crippen LogP contribution in [0.2, 0.25) is 0 Å². The van der Waals surface area contributed by atoms with Crippen LogP contribution in [0.1, 0.15) is 0 Å². The van der Waals surface area contributed by atoms with Crippen LogP contribution in [-0.4, -0.2) is 37.3 Å². The molecule has 0 fully saturated rings. The van der Waals surface area contributed by atoms with E-state index < -0.39 is 289 Å². The average Bonchev–Trinajstić information content (AvgIpc) is 0.924. The maximum absolute atomic E-state index is 15.4. The first-order chi connectivity index (χ1) is 63.5. The highest BCUT2D eigenvalue weighted by Crippen LogP contribution is 2.47. The van der Waals surface area contributed by atoms with Crippen molar-refractivity contribution in [2.24, 2.45) is 0 Å². The lowest BCUT2D eigenvalue weighted by molar-refractivity contribution is 0.377. The summed E-state index contributed by atoms with van der Waals surface area (Å²) in [5, 5.41) is 0. The predicted octanol–water partition coefficient (Wildman–Crippen LogP) is 24.7. The number of hydrogen-bond acceptors (Lipinski definition) is 7. The zero-order valence-electron chi connectivity index (χ0n) is 65.5. The van der Waals surface area contributed by atoms with Gasteiger partial charge in [-0.05, 0) is 134 Å². The van der Waals surface area contributed by atoms with E-state index in [0.717, 1.165) is 0 Å². The Bertz CT molecular complexity index is 5800. The van der Waals surface area contributed by atoms with E-state index in [2.05, 4.69) is 146 Å². The van der Waals surface area contributed by atoms with Crippen molar-refractivity contribution < 1.29 is 176 Å². The van der Waals surface area contributed by atoms with Crippen LogP contribution in [0.15, 0.2) is 177 Å². The Morgan fingerprint density at radius 2 is 0.281 bits per heavy atom. The van der Waals surface area contributed by atoms with Crippen molar-refractivity contribution in [3.05, 3.63) is 354 Å². The Hall–Kier alpha value is -10.2. The minimum Gasteiger partial charge on any atom is -0.207 e. The molecule has 0 aliphatic carbocycles. The first-order valence-electron chi connectivity index (χ1n) is 35.9. The highest BCUT2D eigenvalue weighted by molar-refractivity contribution is 8.04. The van der Waals surface area contributed by atoms with Gasteiger partial charge in [0, 0.05) is 31.7 Å². The number of thiophene rings is 2. The lowest BCUT2D eigenvalue weighted by atomic mass is 9.12. The second-order valence-corrected chi connectivity index (χ2v) is 39.0. The summed E-state index contributed by atoms with van der Waals surface area (Å²) in [4.78, 5) is 10.7. The Balaban J connectivity index is 0.000000182. The summed E-state index contributed by atoms with van der Waals surface area (Å²) in [6, 6.07) is 45.9. The predicted molar refractivity (Wildman–Crippen MR) is 428 cm³/mol. The minimum atomic E-state index is -7.22. The van der Waals surface area contributed by atoms with E-state index in [0.29, 0.717) is 0 Å². The van der Waals surface area contributed by atoms with Gasteiger partial charge in [-0.15, -0.1) is 90.7 Å². The molecule has 0 saturated carbocycles. The maximum atomic E-state index is 15.4. The highest BCUT2D eigenvalue weighted by Gasteiger charge is 2.56. The number of hydrogen-bond donors (Lipinski definition) is 0. The van der Waals surface area contributed by atoms with E-state index in [1.54, 1.807) is 47.0 Å². The number of benzene rings is 12. The molecule has 12 aromatic carbocycles. The molecule has 14 rings (SSSR count). The van der Waals surface area contributed by atoms with Gasteiger partial charge in [0.25, 0.3) is 0 Å². The third kappa shape index (κ3) is 17.5. The van der Waals surface area contributed by atoms with E-state index in [4.69, 9.17) is 0 Å². The third-order valence-electron chi connectivity index (χ3n) is 20.3. The molecular weight excluding hydrogens is 2080 g/mol. The third-order valence-corrected chi connectivity index (χ3v) is 31.9. The fourth-order valence-corrected chi connectivity index (χ4v) is 25.2. The largest absolute Gasteiger partial charge is 0.221 e. The number of thioether (sulfide) groups is 4. The molecule has 51 heteroatoms. The molecule has 0 unspecified atom stereocenters. The van der Waals surface area contributed by atoms with Gasteiger partial charge in [0.15, 0.2) is 159 Å². The first kappa shape index (κ1) is 104. The topological polar surface area (TPSA) is 0 Å². The van der Waals surface area contributed by atoms with Gasteiger partial charge in [-0.2, -0.15) is 0 Å². The van der Waals surface area contributed by atoms with E-state index in [-0.39, 0.29) is 21.8 Å². The second-order valence-electron chi connectivity index (χ2n) is 27.2. The molecule has 0 amide bonds. The molecule has 2 heterocycles. The summed E-state index contributed by atoms with van der Waals surface area (Å²) in [5.41, 5.74) is -28.7. The molecule has 0 N–H and O–H groups in total. The molecule has 0 spiro atoms. The average molecular weight is 2110 g/mol. The quantitative estimate of drug-likeness (QED) is 0.0186. The first-order valence-corrected chi connectivity index (χ1v) is 45.7. The molecule has 0 saturated heterocycles. The second kappa shape index (κ2) is 40.5. The van der Waals surface area contributed by atoms with Gasteiger partial charge in [0.2, 0.25) is 8.42 Å². The minimum absolute atomic E-state index is 0.142. The molecule has 2 aromatic heterocycles. The van der Waals surface area contributed by atoms with E-state index in [1.807, 2.05) is 34.4 Å². The normalized spacial score (nSPS) is 11.8. The summed E-state index contributed by atoms with van der Waals surface area (Å²) in [6.07, 6.45) is -5.88. The van der Waals surface area contributed by atoms with E-state index in [9.17, 15) is 105 Å². The summed E-state index contributed by atoms with van der Waals surface area (Å²) < 4.78 is 593. The van der Waals surface area contributed by atoms with Crippen molar-refractivity contribution >= 4 is 159 Å². The molecule has 0 radical (unpaired) electrons. The van der Waals surface area contributed by atoms with Crippen molar-refractivity contribution in [2.75, 3.05) is 25.0 Å². The van der Waals surface area contributed by atoms with Crippen LogP contribution >= 0.6 is 81.5 Å². The van der Waals surface area contributed by atoms with Gasteiger partial charge in [-0.1, -0.05) is 34.4 Å². The Kier molecular flexibility index (Phi) is 31.1. The smallest absolute Gasteiger partial charge is 0.207 e. The molecule has 0 aliphatic rings. The zero-order chi connectivity index (χ0) is 99.9. The molecule has 135 heavy (non-hydrogen) atoms. The molecular formula is C84H32B2F40S9. The summed E-state index contributed by atoms with van der Waals surface area (Å²) in [5.74, 6) is -143. The van der Waals surface area contributed by atoms with Gasteiger partial charge in [0.1, 0.15) is 127 Å². The van der Waals surface area contributed by atoms with Crippen LogP contribution in [0.5, 0.6) is 0 Å². The van der Waals surface area contributed by atoms with Crippen LogP contribution in [0.25, 0.3) is 0 Å². The highest BCUT2D eigenvalue weighted by atomic mass is 32.2. The number of halogens is 40. The van der Waals surface area contributed by atoms with Crippen molar-refractivity contribution in [3.63, 3.8) is 0 Å². The van der Waals surface area contributed by atoms with Gasteiger partial charge < -0.3 is 0 Å². The van der Waals surface area contributed by atoms with Crippen molar-refractivity contribution in [3.8, 4) is 0 Å². The monoisotopic (exact) mass is 2110 g/mol. The van der Waals surface area contributed by atoms with E-state index >= 15 is 70.2 Å². The molecule has 14 aromatic rings. The molecule has 0 aliphatic heterocycles. The summed E-state index contributed by atoms with van der Waals surface area (Å²) >= 11 is 12.9. The van der Waals surface area contributed by atoms with Gasteiger partial charge in [0.05, 0.1) is 8.42 Å². The van der Waals surface area contributed by atoms with Crippen LogP contribution < -0.4 is 43.7 Å². The number of rotatable bonds is 20. The van der Waals surface area contributed by atoms with Crippen LogP contribution in [0.4, 0.5) is 176 Å². The van der Waals surface area contributed by atoms with Gasteiger partial charge in [-0.25, -0.2) is 176 Å². The van der Waals surface area contributed by atoms with Crippen molar-refractivity contribution in [1.82, 2.24) is 0 Å². The Morgan fingerprint density at radius 1 is 0.163 bits per heavy atom. The summed E-state index contributed by atoms with van der Waals surface area (Å²) in [6.45, 7) is 0. The van der Waals surface area contributed by atoms with Crippen LogP contribution in [0.3, 0.4) is 0 Å². The Labute approximate surface area is 765 Å². The molecule has 0 nitrogen and oxygen atoms in total. The zero-order valence-corrected chi connectivity index (χ0v) is 72.8. The SMILES string of the molecule is CSc1ccc([S+](c2ccc(SC)cc2)c2ccc(Sc3ccc([S+](c4ccc(SC)cc4)c4ccc(SC)cc4)s3)s2)cc1.Fc1c(F)c(F)c([B-](c2c(F)c(F)c(F)c(F)c2F)(c2c(F)c(F)c(F)c(F)c2F)c2c(F)c(F)c(F)c(F)c2F)c(F)c1F.Fc1c(F)c(F)c([B-](c2c(F)c(F)c(F)c(F)c2F)(c2c(F)c(F)c(F)c(F)c2F)c2c(F)c(F)c(F)c(F)c2F)c(F)c1F. The van der Waals surface area contributed by atoms with Crippen molar-refractivity contribution in [1.29, 1.82) is 0 Å². The lowest BCUT2D eigenvalue weighted by Crippen LogP contribution is -2.81. The fourth-order valence-electron chi connectivity index (χ4n) is 14.4. The van der Waals surface area contributed by atoms with Crippen LogP contribution in [0, 0.1) is 233 Å². The fraction of sp³-hybridized carbons (Fsp3) is 0.0476. The standard InChI is InChI=1S/C36H32S9.2C24BF20/c1-37-25-5-13-29(14-6-25)44(30-15-7-26(38-2)8-16-30)35-23-21-33(42-35)41-34-22-24-36(43-34)45(31-17-9-27(39-3)10-18-31)32-19-11-28(40-4)12-20-32;2*26-5-1(6(27)14(35)21(42)13(5)34)25(2-7(28)15(36)22(43)16(37)8(2)29,3-9(30)17(38)23(44)18(39)10(3)31)4-11(32)19(40)24(45)20(41)12(4)33/h5-24H,1-4H3;;/q+2;2*-1. The molecule has 0 bridgehead atoms.